The van der Waals surface area contributed by atoms with E-state index in [9.17, 15) is 0 Å². The first-order valence-electron chi connectivity index (χ1n) is 14.5. The number of imidazole rings is 1. The van der Waals surface area contributed by atoms with Gasteiger partial charge in [-0.15, -0.1) is 0 Å². The van der Waals surface area contributed by atoms with Crippen LogP contribution in [-0.2, 0) is 0 Å². The molecule has 5 aromatic carbocycles. The van der Waals surface area contributed by atoms with Crippen LogP contribution in [0.15, 0.2) is 140 Å². The molecule has 0 aliphatic carbocycles. The fraction of sp³-hybridized carbons (Fsp3) is 0. The van der Waals surface area contributed by atoms with Crippen LogP contribution in [-0.4, -0.2) is 23.5 Å². The molecular formula is C38H23N5. The van der Waals surface area contributed by atoms with Crippen LogP contribution in [0.3, 0.4) is 0 Å². The van der Waals surface area contributed by atoms with Crippen LogP contribution in [0.1, 0.15) is 0 Å². The third-order valence-corrected chi connectivity index (χ3v) is 8.96. The number of para-hydroxylation sites is 3. The van der Waals surface area contributed by atoms with Crippen molar-refractivity contribution in [1.29, 1.82) is 0 Å². The third kappa shape index (κ3) is 2.90. The molecule has 43 heavy (non-hydrogen) atoms. The molecule has 0 bridgehead atoms. The number of rotatable bonds is 2. The van der Waals surface area contributed by atoms with Crippen molar-refractivity contribution in [2.75, 3.05) is 0 Å². The van der Waals surface area contributed by atoms with Crippen LogP contribution in [0.4, 0.5) is 0 Å². The Balaban J connectivity index is 1.54. The summed E-state index contributed by atoms with van der Waals surface area (Å²) in [5.74, 6) is 0. The predicted octanol–water partition coefficient (Wildman–Crippen LogP) is 9.23. The molecular weight excluding hydrogens is 526 g/mol. The van der Waals surface area contributed by atoms with Gasteiger partial charge in [0, 0.05) is 68.5 Å². The first-order chi connectivity index (χ1) is 21.4. The quantitative estimate of drug-likeness (QED) is 0.202. The number of nitrogens with zero attached hydrogens (tertiary/aromatic N) is 5. The summed E-state index contributed by atoms with van der Waals surface area (Å²) in [5, 5.41) is 8.34. The molecule has 0 atom stereocenters. The molecule has 5 heteroatoms. The van der Waals surface area contributed by atoms with Gasteiger partial charge in [0.1, 0.15) is 5.65 Å². The Morgan fingerprint density at radius 3 is 1.91 bits per heavy atom. The van der Waals surface area contributed by atoms with E-state index in [-0.39, 0.29) is 0 Å². The fourth-order valence-electron chi connectivity index (χ4n) is 7.28. The van der Waals surface area contributed by atoms with Crippen LogP contribution in [0, 0.1) is 0 Å². The molecule has 0 aliphatic rings. The van der Waals surface area contributed by atoms with E-state index in [2.05, 4.69) is 140 Å². The van der Waals surface area contributed by atoms with Crippen LogP contribution in [0.25, 0.3) is 82.3 Å². The molecule has 0 saturated heterocycles. The van der Waals surface area contributed by atoms with E-state index >= 15 is 0 Å². The van der Waals surface area contributed by atoms with E-state index in [1.165, 1.54) is 49.0 Å². The Hall–Kier alpha value is -5.94. The topological polar surface area (TPSA) is 40.1 Å². The second-order valence-electron chi connectivity index (χ2n) is 11.1. The molecule has 0 unspecified atom stereocenters. The lowest BCUT2D eigenvalue weighted by molar-refractivity contribution is 1.18. The molecule has 0 amide bonds. The van der Waals surface area contributed by atoms with Crippen molar-refractivity contribution in [2.24, 2.45) is 0 Å². The van der Waals surface area contributed by atoms with Gasteiger partial charge in [0.05, 0.1) is 27.6 Å². The summed E-state index contributed by atoms with van der Waals surface area (Å²) in [5.41, 5.74) is 9.11. The van der Waals surface area contributed by atoms with Gasteiger partial charge in [0.15, 0.2) is 0 Å². The predicted molar refractivity (Wildman–Crippen MR) is 177 cm³/mol. The van der Waals surface area contributed by atoms with Gasteiger partial charge in [0.2, 0.25) is 0 Å². The summed E-state index contributed by atoms with van der Waals surface area (Å²) in [6, 6.07) is 41.5. The minimum Gasteiger partial charge on any atom is -0.309 e. The molecule has 200 valence electrons. The maximum absolute atomic E-state index is 4.72. The van der Waals surface area contributed by atoms with Crippen molar-refractivity contribution >= 4 is 70.9 Å². The molecule has 5 aromatic heterocycles. The van der Waals surface area contributed by atoms with Gasteiger partial charge in [0.25, 0.3) is 0 Å². The summed E-state index contributed by atoms with van der Waals surface area (Å²) in [4.78, 5) is 9.22. The van der Waals surface area contributed by atoms with Crippen molar-refractivity contribution in [3.63, 3.8) is 0 Å². The number of hydrogen-bond donors (Lipinski definition) is 0. The number of benzene rings is 5. The second kappa shape index (κ2) is 8.30. The van der Waals surface area contributed by atoms with Gasteiger partial charge < -0.3 is 9.13 Å². The highest BCUT2D eigenvalue weighted by atomic mass is 15.0. The average Bonchev–Trinajstić information content (AvgIpc) is 3.78. The number of aromatic nitrogens is 5. The van der Waals surface area contributed by atoms with Crippen molar-refractivity contribution in [3.05, 3.63) is 140 Å². The highest BCUT2D eigenvalue weighted by Crippen LogP contribution is 2.45. The monoisotopic (exact) mass is 549 g/mol. The van der Waals surface area contributed by atoms with E-state index in [0.29, 0.717) is 0 Å². The van der Waals surface area contributed by atoms with Gasteiger partial charge in [-0.3, -0.25) is 9.38 Å². The molecule has 5 nitrogen and oxygen atoms in total. The molecule has 0 fully saturated rings. The number of pyridine rings is 2. The normalized spacial score (nSPS) is 12.2. The summed E-state index contributed by atoms with van der Waals surface area (Å²) in [7, 11) is 0. The highest BCUT2D eigenvalue weighted by Gasteiger charge is 2.23. The smallest absolute Gasteiger partial charge is 0.146 e. The van der Waals surface area contributed by atoms with Gasteiger partial charge in [-0.2, -0.15) is 0 Å². The van der Waals surface area contributed by atoms with Crippen molar-refractivity contribution in [1.82, 2.24) is 23.5 Å². The lowest BCUT2D eigenvalue weighted by Gasteiger charge is -2.13. The third-order valence-electron chi connectivity index (χ3n) is 8.96. The van der Waals surface area contributed by atoms with Gasteiger partial charge >= 0.3 is 0 Å². The van der Waals surface area contributed by atoms with Crippen molar-refractivity contribution < 1.29 is 0 Å². The summed E-state index contributed by atoms with van der Waals surface area (Å²) in [6.07, 6.45) is 7.76. The maximum Gasteiger partial charge on any atom is 0.146 e. The number of fused-ring (bicyclic) bond motifs is 14. The SMILES string of the molecule is c1ccc(-n2c3ccccc3c3ccc4c(c5ccc6c(c7ccncc7c7nccn67)c5n4-c4ccccc4)c32)cc1. The van der Waals surface area contributed by atoms with Gasteiger partial charge in [-0.1, -0.05) is 60.7 Å². The van der Waals surface area contributed by atoms with Crippen LogP contribution in [0.5, 0.6) is 0 Å². The maximum atomic E-state index is 4.72. The standard InChI is InChI=1S/C38H23N5/c1-3-9-24(10-4-1)42-31-14-8-7-13-26(31)28-15-18-33-35(36(28)42)29-16-17-32-34(37(29)43(33)25-11-5-2-6-12-25)27-19-20-39-23-30(27)38-40-21-22-41(32)38/h1-23H. The van der Waals surface area contributed by atoms with E-state index in [0.717, 1.165) is 33.3 Å². The summed E-state index contributed by atoms with van der Waals surface area (Å²) >= 11 is 0. The first kappa shape index (κ1) is 22.7. The van der Waals surface area contributed by atoms with Crippen LogP contribution >= 0.6 is 0 Å². The Bertz CT molecular complexity index is 2710. The van der Waals surface area contributed by atoms with E-state index in [4.69, 9.17) is 4.98 Å². The zero-order chi connectivity index (χ0) is 28.1. The van der Waals surface area contributed by atoms with Gasteiger partial charge in [-0.25, -0.2) is 4.98 Å². The zero-order valence-corrected chi connectivity index (χ0v) is 23.0. The largest absolute Gasteiger partial charge is 0.309 e. The van der Waals surface area contributed by atoms with E-state index < -0.39 is 0 Å². The molecule has 0 saturated carbocycles. The Kier molecular flexibility index (Phi) is 4.39. The molecule has 0 N–H and O–H groups in total. The van der Waals surface area contributed by atoms with E-state index in [1.54, 1.807) is 0 Å². The molecule has 0 radical (unpaired) electrons. The Labute approximate surface area is 245 Å². The summed E-state index contributed by atoms with van der Waals surface area (Å²) < 4.78 is 7.08. The Morgan fingerprint density at radius 2 is 1.09 bits per heavy atom. The first-order valence-corrected chi connectivity index (χ1v) is 14.5. The minimum atomic E-state index is 0.920. The van der Waals surface area contributed by atoms with Crippen molar-refractivity contribution in [3.8, 4) is 11.4 Å². The van der Waals surface area contributed by atoms with Crippen molar-refractivity contribution in [2.45, 2.75) is 0 Å². The fourth-order valence-corrected chi connectivity index (χ4v) is 7.28. The molecule has 0 aliphatic heterocycles. The molecule has 10 aromatic rings. The van der Waals surface area contributed by atoms with Gasteiger partial charge in [-0.05, 0) is 60.0 Å². The molecule has 5 heterocycles. The lowest BCUT2D eigenvalue weighted by atomic mass is 10.0. The van der Waals surface area contributed by atoms with Crippen LogP contribution in [0.2, 0.25) is 0 Å². The minimum absolute atomic E-state index is 0.920. The zero-order valence-electron chi connectivity index (χ0n) is 23.0. The lowest BCUT2D eigenvalue weighted by Crippen LogP contribution is -1.97. The Morgan fingerprint density at radius 1 is 0.442 bits per heavy atom. The highest BCUT2D eigenvalue weighted by molar-refractivity contribution is 6.32. The molecule has 0 spiro atoms. The summed E-state index contributed by atoms with van der Waals surface area (Å²) in [6.45, 7) is 0. The van der Waals surface area contributed by atoms with Crippen LogP contribution < -0.4 is 0 Å². The number of hydrogen-bond acceptors (Lipinski definition) is 2. The average molecular weight is 550 g/mol. The molecule has 10 rings (SSSR count). The second-order valence-corrected chi connectivity index (χ2v) is 11.1. The van der Waals surface area contributed by atoms with E-state index in [1.807, 2.05) is 18.6 Å².